The van der Waals surface area contributed by atoms with E-state index in [1.54, 1.807) is 31.8 Å². The number of benzene rings is 2. The third-order valence-electron chi connectivity index (χ3n) is 4.14. The average molecular weight is 415 g/mol. The molecule has 0 fully saturated rings. The lowest BCUT2D eigenvalue weighted by Crippen LogP contribution is -2.01. The molecule has 1 N–H and O–H groups in total. The molecule has 8 heteroatoms. The number of aromatic amines is 1. The second-order valence-electron chi connectivity index (χ2n) is 5.91. The predicted octanol–water partition coefficient (Wildman–Crippen LogP) is 5.36. The largest absolute Gasteiger partial charge is 0.496 e. The molecule has 0 amide bonds. The Labute approximate surface area is 170 Å². The molecule has 4 aromatic rings. The van der Waals surface area contributed by atoms with Gasteiger partial charge in [-0.2, -0.15) is 0 Å². The highest BCUT2D eigenvalue weighted by Crippen LogP contribution is 2.36. The number of halogens is 2. The van der Waals surface area contributed by atoms with Crippen molar-refractivity contribution < 1.29 is 9.13 Å². The van der Waals surface area contributed by atoms with E-state index in [-0.39, 0.29) is 5.82 Å². The van der Waals surface area contributed by atoms with Crippen molar-refractivity contribution in [3.8, 4) is 22.7 Å². The van der Waals surface area contributed by atoms with Crippen molar-refractivity contribution in [2.75, 3.05) is 7.11 Å². The van der Waals surface area contributed by atoms with Gasteiger partial charge in [-0.05, 0) is 42.5 Å². The molecule has 2 aromatic heterocycles. The molecular formula is C20H16ClFN4OS. The number of hydrogen-bond donors (Lipinski definition) is 1. The number of rotatable bonds is 6. The molecule has 0 bridgehead atoms. The molecule has 0 saturated carbocycles. The molecule has 0 atom stereocenters. The lowest BCUT2D eigenvalue weighted by atomic mass is 10.1. The molecule has 0 aliphatic carbocycles. The van der Waals surface area contributed by atoms with Gasteiger partial charge in [0.25, 0.3) is 0 Å². The Hall–Kier alpha value is -2.77. The van der Waals surface area contributed by atoms with Crippen molar-refractivity contribution in [1.82, 2.24) is 19.5 Å². The lowest BCUT2D eigenvalue weighted by Gasteiger charge is -2.14. The van der Waals surface area contributed by atoms with Crippen LogP contribution in [0.1, 0.15) is 5.82 Å². The van der Waals surface area contributed by atoms with Gasteiger partial charge in [-0.15, -0.1) is 0 Å². The fraction of sp³-hybridized carbons (Fsp3) is 0.100. The van der Waals surface area contributed by atoms with Crippen LogP contribution in [0.2, 0.25) is 5.02 Å². The van der Waals surface area contributed by atoms with Gasteiger partial charge >= 0.3 is 0 Å². The van der Waals surface area contributed by atoms with E-state index in [0.29, 0.717) is 22.1 Å². The van der Waals surface area contributed by atoms with E-state index in [9.17, 15) is 4.39 Å². The molecule has 0 saturated heterocycles. The van der Waals surface area contributed by atoms with Crippen molar-refractivity contribution in [3.05, 3.63) is 77.7 Å². The fourth-order valence-electron chi connectivity index (χ4n) is 2.86. The zero-order valence-corrected chi connectivity index (χ0v) is 16.5. The molecule has 5 nitrogen and oxygen atoms in total. The van der Waals surface area contributed by atoms with Gasteiger partial charge < -0.3 is 9.72 Å². The summed E-state index contributed by atoms with van der Waals surface area (Å²) in [5.41, 5.74) is 2.21. The second-order valence-corrected chi connectivity index (χ2v) is 7.29. The van der Waals surface area contributed by atoms with Crippen LogP contribution in [0.25, 0.3) is 16.9 Å². The number of imidazole rings is 2. The van der Waals surface area contributed by atoms with Crippen LogP contribution in [0.3, 0.4) is 0 Å². The molecule has 0 aliphatic heterocycles. The second kappa shape index (κ2) is 8.08. The van der Waals surface area contributed by atoms with Crippen molar-refractivity contribution in [1.29, 1.82) is 0 Å². The zero-order chi connectivity index (χ0) is 19.5. The summed E-state index contributed by atoms with van der Waals surface area (Å²) in [6.07, 6.45) is 5.21. The number of hydrogen-bond acceptors (Lipinski definition) is 4. The Bertz CT molecular complexity index is 1080. The van der Waals surface area contributed by atoms with Crippen LogP contribution in [0, 0.1) is 5.82 Å². The Kier molecular flexibility index (Phi) is 5.36. The Morgan fingerprint density at radius 2 is 2.00 bits per heavy atom. The molecule has 2 aromatic carbocycles. The maximum Gasteiger partial charge on any atom is 0.173 e. The first kappa shape index (κ1) is 18.6. The third-order valence-corrected chi connectivity index (χ3v) is 5.36. The Balaban J connectivity index is 1.82. The summed E-state index contributed by atoms with van der Waals surface area (Å²) in [7, 11) is 1.56. The van der Waals surface area contributed by atoms with E-state index in [0.717, 1.165) is 22.4 Å². The smallest absolute Gasteiger partial charge is 0.173 e. The van der Waals surface area contributed by atoms with Crippen molar-refractivity contribution in [2.24, 2.45) is 0 Å². The van der Waals surface area contributed by atoms with Crippen LogP contribution in [0.5, 0.6) is 5.75 Å². The van der Waals surface area contributed by atoms with E-state index in [1.165, 1.54) is 23.9 Å². The van der Waals surface area contributed by atoms with E-state index < -0.39 is 0 Å². The van der Waals surface area contributed by atoms with Crippen molar-refractivity contribution in [2.45, 2.75) is 10.9 Å². The molecule has 4 rings (SSSR count). The van der Waals surface area contributed by atoms with Gasteiger partial charge in [0.1, 0.15) is 17.4 Å². The van der Waals surface area contributed by atoms with Crippen LogP contribution < -0.4 is 4.74 Å². The van der Waals surface area contributed by atoms with Gasteiger partial charge in [-0.3, -0.25) is 4.57 Å². The Morgan fingerprint density at radius 1 is 1.18 bits per heavy atom. The minimum atomic E-state index is -0.343. The maximum atomic E-state index is 14.0. The quantitative estimate of drug-likeness (QED) is 0.432. The number of nitrogens with one attached hydrogen (secondary N) is 1. The highest BCUT2D eigenvalue weighted by atomic mass is 35.5. The van der Waals surface area contributed by atoms with Gasteiger partial charge in [0.05, 0.1) is 24.8 Å². The normalized spacial score (nSPS) is 11.0. The van der Waals surface area contributed by atoms with Crippen LogP contribution in [0.4, 0.5) is 4.39 Å². The summed E-state index contributed by atoms with van der Waals surface area (Å²) in [5.74, 6) is 1.70. The summed E-state index contributed by atoms with van der Waals surface area (Å²) < 4.78 is 21.4. The monoisotopic (exact) mass is 414 g/mol. The first-order valence-electron chi connectivity index (χ1n) is 8.44. The molecule has 0 spiro atoms. The Morgan fingerprint density at radius 3 is 2.71 bits per heavy atom. The van der Waals surface area contributed by atoms with E-state index >= 15 is 0 Å². The number of nitrogens with zero attached hydrogens (tertiary/aromatic N) is 3. The first-order chi connectivity index (χ1) is 13.7. The highest BCUT2D eigenvalue weighted by Gasteiger charge is 2.18. The van der Waals surface area contributed by atoms with Crippen LogP contribution in [0.15, 0.2) is 66.2 Å². The number of H-pyrrole nitrogens is 1. The standard InChI is InChI=1S/C20H16ClFN4OS/c1-27-18-7-4-14(22)10-16(18)17-11-25-20(28-12-19-23-8-9-24-19)26(17)15-5-2-13(21)3-6-15/h2-11H,12H2,1H3,(H,23,24). The summed E-state index contributed by atoms with van der Waals surface area (Å²) in [4.78, 5) is 11.9. The molecule has 0 radical (unpaired) electrons. The SMILES string of the molecule is COc1ccc(F)cc1-c1cnc(SCc2ncc[nH]2)n1-c1ccc(Cl)cc1. The molecule has 142 valence electrons. The summed E-state index contributed by atoms with van der Waals surface area (Å²) in [5, 5.41) is 1.39. The average Bonchev–Trinajstić information content (AvgIpc) is 3.36. The van der Waals surface area contributed by atoms with Crippen molar-refractivity contribution >= 4 is 23.4 Å². The molecule has 0 aliphatic rings. The van der Waals surface area contributed by atoms with Crippen LogP contribution >= 0.6 is 23.4 Å². The minimum absolute atomic E-state index is 0.343. The van der Waals surface area contributed by atoms with E-state index in [1.807, 2.05) is 28.8 Å². The van der Waals surface area contributed by atoms with Crippen LogP contribution in [-0.4, -0.2) is 26.6 Å². The zero-order valence-electron chi connectivity index (χ0n) is 14.9. The molecule has 28 heavy (non-hydrogen) atoms. The summed E-state index contributed by atoms with van der Waals surface area (Å²) >= 11 is 7.58. The number of aromatic nitrogens is 4. The fourth-order valence-corrected chi connectivity index (χ4v) is 3.87. The van der Waals surface area contributed by atoms with Gasteiger partial charge in [-0.1, -0.05) is 23.4 Å². The molecule has 0 unspecified atom stereocenters. The number of methoxy groups -OCH3 is 1. The van der Waals surface area contributed by atoms with E-state index in [4.69, 9.17) is 16.3 Å². The van der Waals surface area contributed by atoms with E-state index in [2.05, 4.69) is 15.0 Å². The minimum Gasteiger partial charge on any atom is -0.496 e. The van der Waals surface area contributed by atoms with Gasteiger partial charge in [0, 0.05) is 28.7 Å². The van der Waals surface area contributed by atoms with Gasteiger partial charge in [-0.25, -0.2) is 14.4 Å². The molecular weight excluding hydrogens is 399 g/mol. The number of thioether (sulfide) groups is 1. The van der Waals surface area contributed by atoms with Gasteiger partial charge in [0.2, 0.25) is 0 Å². The first-order valence-corrected chi connectivity index (χ1v) is 9.80. The topological polar surface area (TPSA) is 55.7 Å². The van der Waals surface area contributed by atoms with Gasteiger partial charge in [0.15, 0.2) is 5.16 Å². The third kappa shape index (κ3) is 3.76. The number of ether oxygens (including phenoxy) is 1. The summed E-state index contributed by atoms with van der Waals surface area (Å²) in [6.45, 7) is 0. The van der Waals surface area contributed by atoms with Crippen molar-refractivity contribution in [3.63, 3.8) is 0 Å². The van der Waals surface area contributed by atoms with Crippen LogP contribution in [-0.2, 0) is 5.75 Å². The maximum absolute atomic E-state index is 14.0. The predicted molar refractivity (Wildman–Crippen MR) is 109 cm³/mol. The highest BCUT2D eigenvalue weighted by molar-refractivity contribution is 7.98. The summed E-state index contributed by atoms with van der Waals surface area (Å²) in [6, 6.07) is 11.8. The molecule has 2 heterocycles. The lowest BCUT2D eigenvalue weighted by molar-refractivity contribution is 0.415.